The summed E-state index contributed by atoms with van der Waals surface area (Å²) in [5.74, 6) is 1.02. The van der Waals surface area contributed by atoms with Crippen LogP contribution in [0.3, 0.4) is 0 Å². The lowest BCUT2D eigenvalue weighted by molar-refractivity contribution is 0.0530. The van der Waals surface area contributed by atoms with Gasteiger partial charge in [0.15, 0.2) is 11.6 Å². The van der Waals surface area contributed by atoms with Crippen LogP contribution in [0, 0.1) is 6.92 Å². The number of rotatable bonds is 7. The summed E-state index contributed by atoms with van der Waals surface area (Å²) in [6.07, 6.45) is 8.09. The van der Waals surface area contributed by atoms with Gasteiger partial charge < -0.3 is 24.6 Å². The number of aromatic hydroxyl groups is 1. The van der Waals surface area contributed by atoms with Gasteiger partial charge in [0.1, 0.15) is 22.9 Å². The first-order valence-corrected chi connectivity index (χ1v) is 16.2. The van der Waals surface area contributed by atoms with E-state index in [1.54, 1.807) is 52.4 Å². The number of para-hydroxylation sites is 1. The number of amidine groups is 1. The standard InChI is InChI=1S/C32H37N7O5S/c1-21-13-14-27(44-21)26(20-22-8-3-4-9-22)35-32(2)31(36-45(43)37-32)34-24-12-7-10-23(28(24)40)29(41)38-16-18-39(19-17-38)30(42)25-11-5-6-15-33-25/h5-7,10-15,20,26,35,37,40H,3-4,8-9,16-19H2,1-2H3,(H,34,36). The van der Waals surface area contributed by atoms with E-state index in [1.807, 2.05) is 26.0 Å². The van der Waals surface area contributed by atoms with Crippen molar-refractivity contribution in [1.29, 1.82) is 0 Å². The minimum Gasteiger partial charge on any atom is -0.505 e. The van der Waals surface area contributed by atoms with Crippen molar-refractivity contribution in [2.75, 3.05) is 31.5 Å². The molecule has 1 aromatic carbocycles. The highest BCUT2D eigenvalue weighted by Gasteiger charge is 2.41. The Bertz CT molecular complexity index is 1660. The van der Waals surface area contributed by atoms with E-state index in [4.69, 9.17) is 4.42 Å². The quantitative estimate of drug-likeness (QED) is 0.227. The van der Waals surface area contributed by atoms with Crippen molar-refractivity contribution in [2.24, 2.45) is 4.40 Å². The molecule has 0 bridgehead atoms. The van der Waals surface area contributed by atoms with E-state index in [0.29, 0.717) is 37.7 Å². The molecule has 45 heavy (non-hydrogen) atoms. The first-order valence-electron chi connectivity index (χ1n) is 15.1. The number of hydrogen-bond donors (Lipinski definition) is 4. The fourth-order valence-electron chi connectivity index (χ4n) is 5.90. The third-order valence-corrected chi connectivity index (χ3v) is 9.29. The Hall–Kier alpha value is -4.33. The number of carbonyl (C=O) groups excluding carboxylic acids is 2. The molecule has 1 aliphatic carbocycles. The molecular weight excluding hydrogens is 594 g/mol. The van der Waals surface area contributed by atoms with E-state index in [2.05, 4.69) is 30.8 Å². The first-order chi connectivity index (χ1) is 21.7. The highest BCUT2D eigenvalue weighted by molar-refractivity contribution is 7.82. The van der Waals surface area contributed by atoms with E-state index in [0.717, 1.165) is 37.2 Å². The van der Waals surface area contributed by atoms with E-state index < -0.39 is 16.8 Å². The summed E-state index contributed by atoms with van der Waals surface area (Å²) >= 11 is -1.75. The lowest BCUT2D eigenvalue weighted by Gasteiger charge is -2.35. The molecule has 2 amide bonds. The third-order valence-electron chi connectivity index (χ3n) is 8.36. The second-order valence-corrected chi connectivity index (χ2v) is 12.5. The van der Waals surface area contributed by atoms with Crippen LogP contribution in [0.1, 0.15) is 71.0 Å². The molecule has 2 aromatic heterocycles. The second-order valence-electron chi connectivity index (χ2n) is 11.6. The number of pyridine rings is 1. The number of benzene rings is 1. The molecule has 6 rings (SSSR count). The van der Waals surface area contributed by atoms with E-state index in [1.165, 1.54) is 5.57 Å². The number of phenolic OH excluding ortho intramolecular Hbond substituents is 1. The van der Waals surface area contributed by atoms with Crippen molar-refractivity contribution in [2.45, 2.75) is 51.2 Å². The fourth-order valence-corrected chi connectivity index (χ4v) is 6.85. The Labute approximate surface area is 264 Å². The van der Waals surface area contributed by atoms with Crippen LogP contribution >= 0.6 is 0 Å². The zero-order chi connectivity index (χ0) is 31.6. The van der Waals surface area contributed by atoms with Crippen LogP contribution < -0.4 is 15.4 Å². The number of allylic oxidation sites excluding steroid dienone is 1. The van der Waals surface area contributed by atoms with Crippen molar-refractivity contribution in [3.05, 3.63) is 89.2 Å². The zero-order valence-electron chi connectivity index (χ0n) is 25.3. The van der Waals surface area contributed by atoms with Crippen LogP contribution in [0.25, 0.3) is 0 Å². The summed E-state index contributed by atoms with van der Waals surface area (Å²) in [7, 11) is 0. The summed E-state index contributed by atoms with van der Waals surface area (Å²) in [6.45, 7) is 5.04. The van der Waals surface area contributed by atoms with Gasteiger partial charge in [0.25, 0.3) is 11.8 Å². The summed E-state index contributed by atoms with van der Waals surface area (Å²) in [4.78, 5) is 33.7. The van der Waals surface area contributed by atoms with Crippen molar-refractivity contribution < 1.29 is 23.3 Å². The number of amides is 2. The molecule has 236 valence electrons. The predicted molar refractivity (Wildman–Crippen MR) is 171 cm³/mol. The van der Waals surface area contributed by atoms with Gasteiger partial charge in [-0.3, -0.25) is 19.9 Å². The molecule has 3 unspecified atom stereocenters. The Morgan fingerprint density at radius 3 is 2.44 bits per heavy atom. The fraction of sp³-hybridized carbons (Fsp3) is 0.375. The van der Waals surface area contributed by atoms with Gasteiger partial charge >= 0.3 is 0 Å². The lowest BCUT2D eigenvalue weighted by Crippen LogP contribution is -2.59. The maximum absolute atomic E-state index is 13.5. The van der Waals surface area contributed by atoms with Gasteiger partial charge in [-0.25, -0.2) is 4.21 Å². The van der Waals surface area contributed by atoms with Gasteiger partial charge in [-0.15, -0.1) is 0 Å². The molecule has 13 heteroatoms. The molecule has 2 aliphatic heterocycles. The van der Waals surface area contributed by atoms with Crippen LogP contribution in [-0.2, 0) is 11.2 Å². The summed E-state index contributed by atoms with van der Waals surface area (Å²) in [5.41, 5.74) is 0.968. The van der Waals surface area contributed by atoms with Gasteiger partial charge in [-0.1, -0.05) is 23.8 Å². The minimum absolute atomic E-state index is 0.113. The third kappa shape index (κ3) is 6.70. The largest absolute Gasteiger partial charge is 0.505 e. The number of furan rings is 1. The Morgan fingerprint density at radius 1 is 1.04 bits per heavy atom. The molecule has 2 fully saturated rings. The van der Waals surface area contributed by atoms with Crippen LogP contribution in [0.5, 0.6) is 5.75 Å². The number of carbonyl (C=O) groups is 2. The number of aromatic nitrogens is 1. The molecule has 3 aromatic rings. The molecule has 1 saturated carbocycles. The number of phenols is 1. The van der Waals surface area contributed by atoms with Crippen molar-refractivity contribution in [3.63, 3.8) is 0 Å². The number of piperazine rings is 1. The Kier molecular flexibility index (Phi) is 8.83. The molecular formula is C32H37N7O5S. The average Bonchev–Trinajstić information content (AvgIpc) is 3.78. The van der Waals surface area contributed by atoms with Gasteiger partial charge in [0, 0.05) is 32.4 Å². The molecule has 0 radical (unpaired) electrons. The molecule has 4 heterocycles. The van der Waals surface area contributed by atoms with E-state index >= 15 is 0 Å². The van der Waals surface area contributed by atoms with Gasteiger partial charge in [0.05, 0.1) is 17.3 Å². The second kappa shape index (κ2) is 13.0. The van der Waals surface area contributed by atoms with Crippen LogP contribution in [0.15, 0.2) is 75.2 Å². The van der Waals surface area contributed by atoms with Crippen molar-refractivity contribution in [3.8, 4) is 5.75 Å². The zero-order valence-corrected chi connectivity index (χ0v) is 26.1. The average molecular weight is 632 g/mol. The normalized spacial score (nSPS) is 22.3. The Morgan fingerprint density at radius 2 is 1.78 bits per heavy atom. The SMILES string of the molecule is Cc1ccc(C(C=C2CCCC2)NC2(C)NS(=O)N=C2Nc2cccc(C(=O)N3CCN(C(=O)c4ccccn4)CC3)c2O)o1. The molecule has 3 aliphatic rings. The van der Waals surface area contributed by atoms with E-state index in [-0.39, 0.29) is 34.9 Å². The number of hydrogen-bond acceptors (Lipinski definition) is 8. The highest BCUT2D eigenvalue weighted by Crippen LogP contribution is 2.33. The van der Waals surface area contributed by atoms with Gasteiger partial charge in [0.2, 0.25) is 11.2 Å². The maximum atomic E-state index is 13.5. The number of nitrogens with one attached hydrogen (secondary N) is 3. The topological polar surface area (TPSA) is 152 Å². The van der Waals surface area contributed by atoms with Crippen LogP contribution in [-0.4, -0.2) is 73.6 Å². The first kappa shape index (κ1) is 30.7. The maximum Gasteiger partial charge on any atom is 0.272 e. The Balaban J connectivity index is 1.17. The summed E-state index contributed by atoms with van der Waals surface area (Å²) < 4.78 is 25.9. The summed E-state index contributed by atoms with van der Waals surface area (Å²) in [6, 6.07) is 13.6. The number of anilines is 1. The van der Waals surface area contributed by atoms with Crippen molar-refractivity contribution in [1.82, 2.24) is 24.8 Å². The minimum atomic E-state index is -1.75. The van der Waals surface area contributed by atoms with Crippen molar-refractivity contribution >= 4 is 34.5 Å². The molecule has 0 spiro atoms. The number of nitrogens with zero attached hydrogens (tertiary/aromatic N) is 4. The monoisotopic (exact) mass is 631 g/mol. The van der Waals surface area contributed by atoms with Crippen LogP contribution in [0.2, 0.25) is 0 Å². The molecule has 1 saturated heterocycles. The molecule has 12 nitrogen and oxygen atoms in total. The highest BCUT2D eigenvalue weighted by atomic mass is 32.2. The molecule has 4 N–H and O–H groups in total. The predicted octanol–water partition coefficient (Wildman–Crippen LogP) is 3.83. The summed E-state index contributed by atoms with van der Waals surface area (Å²) in [5, 5.41) is 17.9. The smallest absolute Gasteiger partial charge is 0.272 e. The number of aryl methyl sites for hydroxylation is 1. The van der Waals surface area contributed by atoms with Gasteiger partial charge in [-0.05, 0) is 75.9 Å². The van der Waals surface area contributed by atoms with Crippen LogP contribution in [0.4, 0.5) is 5.69 Å². The molecule has 3 atom stereocenters. The van der Waals surface area contributed by atoms with Gasteiger partial charge in [-0.2, -0.15) is 9.12 Å². The van der Waals surface area contributed by atoms with E-state index in [9.17, 15) is 18.9 Å². The lowest BCUT2D eigenvalue weighted by atomic mass is 10.0.